The van der Waals surface area contributed by atoms with Crippen LogP contribution in [-0.2, 0) is 0 Å². The molecule has 2 N–H and O–H groups in total. The number of rotatable bonds is 7. The van der Waals surface area contributed by atoms with Crippen LogP contribution in [-0.4, -0.2) is 36.5 Å². The number of ether oxygens (including phenoxy) is 2. The van der Waals surface area contributed by atoms with Crippen molar-refractivity contribution >= 4 is 11.7 Å². The summed E-state index contributed by atoms with van der Waals surface area (Å²) >= 11 is 0. The number of benzene rings is 2. The summed E-state index contributed by atoms with van der Waals surface area (Å²) in [5.41, 5.74) is 1.31. The minimum atomic E-state index is -0.731. The molecule has 0 aliphatic heterocycles. The summed E-state index contributed by atoms with van der Waals surface area (Å²) in [6.45, 7) is 0.250. The van der Waals surface area contributed by atoms with Crippen LogP contribution in [0.25, 0.3) is 11.3 Å². The highest BCUT2D eigenvalue weighted by molar-refractivity contribution is 5.89. The first kappa shape index (κ1) is 20.0. The number of hydrogen-bond donors (Lipinski definition) is 2. The lowest BCUT2D eigenvalue weighted by Gasteiger charge is -2.09. The Labute approximate surface area is 165 Å². The van der Waals surface area contributed by atoms with Gasteiger partial charge in [-0.1, -0.05) is 0 Å². The second-order valence-electron chi connectivity index (χ2n) is 5.84. The molecule has 0 atom stereocenters. The normalized spacial score (nSPS) is 10.3. The molecule has 3 rings (SSSR count). The van der Waals surface area contributed by atoms with Gasteiger partial charge >= 0.3 is 6.03 Å². The number of nitrogens with one attached hydrogen (secondary N) is 2. The number of halogens is 2. The zero-order valence-corrected chi connectivity index (χ0v) is 15.5. The molecule has 0 fully saturated rings. The fraction of sp³-hybridized carbons (Fsp3) is 0.150. The number of nitrogens with zero attached hydrogens (tertiary/aromatic N) is 2. The summed E-state index contributed by atoms with van der Waals surface area (Å²) in [5.74, 6) is -0.342. The molecule has 0 saturated heterocycles. The molecule has 0 radical (unpaired) electrons. The van der Waals surface area contributed by atoms with Gasteiger partial charge in [-0.25, -0.2) is 13.6 Å². The molecule has 1 aromatic heterocycles. The summed E-state index contributed by atoms with van der Waals surface area (Å²) in [4.78, 5) is 11.7. The topological polar surface area (TPSA) is 85.4 Å². The Hall–Kier alpha value is -3.75. The lowest BCUT2D eigenvalue weighted by atomic mass is 10.1. The van der Waals surface area contributed by atoms with Crippen LogP contribution < -0.4 is 20.1 Å². The number of carbonyl (C=O) groups is 1. The van der Waals surface area contributed by atoms with E-state index < -0.39 is 17.7 Å². The third-order valence-corrected chi connectivity index (χ3v) is 3.84. The van der Waals surface area contributed by atoms with Gasteiger partial charge in [-0.05, 0) is 42.5 Å². The summed E-state index contributed by atoms with van der Waals surface area (Å²) in [6, 6.07) is 12.9. The van der Waals surface area contributed by atoms with Gasteiger partial charge in [-0.15, -0.1) is 10.2 Å². The predicted octanol–water partition coefficient (Wildman–Crippen LogP) is 3.63. The second kappa shape index (κ2) is 9.45. The van der Waals surface area contributed by atoms with Crippen molar-refractivity contribution in [1.82, 2.24) is 15.5 Å². The lowest BCUT2D eigenvalue weighted by molar-refractivity contribution is 0.246. The zero-order valence-electron chi connectivity index (χ0n) is 15.5. The Morgan fingerprint density at radius 2 is 1.83 bits per heavy atom. The third kappa shape index (κ3) is 5.61. The average Bonchev–Trinajstić information content (AvgIpc) is 2.74. The van der Waals surface area contributed by atoms with Crippen molar-refractivity contribution in [3.8, 4) is 22.9 Å². The minimum absolute atomic E-state index is 0.121. The summed E-state index contributed by atoms with van der Waals surface area (Å²) in [6.07, 6.45) is 0. The molecule has 150 valence electrons. The smallest absolute Gasteiger partial charge is 0.319 e. The van der Waals surface area contributed by atoms with Gasteiger partial charge in [-0.2, -0.15) is 0 Å². The number of carbonyl (C=O) groups excluding carboxylic acids is 1. The SMILES string of the molecule is COc1ccc(-c2ccc(OCCNC(=O)Nc3cc(F)ccc3F)nn2)cc1. The summed E-state index contributed by atoms with van der Waals surface area (Å²) < 4.78 is 37.1. The number of urea groups is 1. The maximum atomic E-state index is 13.5. The minimum Gasteiger partial charge on any atom is -0.497 e. The Morgan fingerprint density at radius 1 is 1.03 bits per heavy atom. The molecule has 2 aromatic carbocycles. The highest BCUT2D eigenvalue weighted by Crippen LogP contribution is 2.21. The monoisotopic (exact) mass is 400 g/mol. The molecule has 0 unspecified atom stereocenters. The molecular weight excluding hydrogens is 382 g/mol. The van der Waals surface area contributed by atoms with E-state index >= 15 is 0 Å². The quantitative estimate of drug-likeness (QED) is 0.592. The lowest BCUT2D eigenvalue weighted by Crippen LogP contribution is -2.32. The van der Waals surface area contributed by atoms with Crippen LogP contribution in [0, 0.1) is 11.6 Å². The van der Waals surface area contributed by atoms with Gasteiger partial charge in [0.1, 0.15) is 24.0 Å². The Balaban J connectivity index is 1.44. The number of aromatic nitrogens is 2. The van der Waals surface area contributed by atoms with Crippen LogP contribution in [0.2, 0.25) is 0 Å². The first-order chi connectivity index (χ1) is 14.0. The van der Waals surface area contributed by atoms with Crippen LogP contribution in [0.3, 0.4) is 0 Å². The van der Waals surface area contributed by atoms with Gasteiger partial charge in [0.2, 0.25) is 5.88 Å². The maximum Gasteiger partial charge on any atom is 0.319 e. The van der Waals surface area contributed by atoms with Gasteiger partial charge in [0.25, 0.3) is 0 Å². The molecule has 29 heavy (non-hydrogen) atoms. The molecule has 7 nitrogen and oxygen atoms in total. The predicted molar refractivity (Wildman–Crippen MR) is 103 cm³/mol. The highest BCUT2D eigenvalue weighted by atomic mass is 19.1. The van der Waals surface area contributed by atoms with Gasteiger partial charge in [-0.3, -0.25) is 0 Å². The van der Waals surface area contributed by atoms with E-state index in [-0.39, 0.29) is 18.8 Å². The average molecular weight is 400 g/mol. The summed E-state index contributed by atoms with van der Waals surface area (Å²) in [7, 11) is 1.60. The molecule has 0 aliphatic carbocycles. The van der Waals surface area contributed by atoms with Gasteiger partial charge in [0.15, 0.2) is 0 Å². The van der Waals surface area contributed by atoms with Crippen LogP contribution in [0.4, 0.5) is 19.3 Å². The van der Waals surface area contributed by atoms with Crippen LogP contribution in [0.15, 0.2) is 54.6 Å². The standard InChI is InChI=1S/C20H18F2N4O3/c1-28-15-5-2-13(3-6-15)17-8-9-19(26-25-17)29-11-10-23-20(27)24-18-12-14(21)4-7-16(18)22/h2-9,12H,10-11H2,1H3,(H2,23,24,27). The first-order valence-electron chi connectivity index (χ1n) is 8.66. The van der Waals surface area contributed by atoms with Crippen molar-refractivity contribution in [2.45, 2.75) is 0 Å². The molecular formula is C20H18F2N4O3. The van der Waals surface area contributed by atoms with E-state index in [0.717, 1.165) is 29.5 Å². The number of anilines is 1. The van der Waals surface area contributed by atoms with Crippen LogP contribution in [0.5, 0.6) is 11.6 Å². The molecule has 3 aromatic rings. The second-order valence-corrected chi connectivity index (χ2v) is 5.84. The number of amides is 2. The summed E-state index contributed by atoms with van der Waals surface area (Å²) in [5, 5.41) is 12.8. The van der Waals surface area contributed by atoms with Crippen LogP contribution >= 0.6 is 0 Å². The van der Waals surface area contributed by atoms with E-state index in [1.807, 2.05) is 24.3 Å². The van der Waals surface area contributed by atoms with Gasteiger partial charge in [0.05, 0.1) is 25.0 Å². The zero-order chi connectivity index (χ0) is 20.6. The van der Waals surface area contributed by atoms with E-state index in [4.69, 9.17) is 9.47 Å². The largest absolute Gasteiger partial charge is 0.497 e. The van der Waals surface area contributed by atoms with E-state index in [2.05, 4.69) is 20.8 Å². The fourth-order valence-electron chi connectivity index (χ4n) is 2.39. The third-order valence-electron chi connectivity index (χ3n) is 3.84. The van der Waals surface area contributed by atoms with E-state index in [1.165, 1.54) is 0 Å². The molecule has 1 heterocycles. The van der Waals surface area contributed by atoms with Crippen molar-refractivity contribution < 1.29 is 23.0 Å². The first-order valence-corrected chi connectivity index (χ1v) is 8.66. The molecule has 2 amide bonds. The van der Waals surface area contributed by atoms with Crippen molar-refractivity contribution in [2.24, 2.45) is 0 Å². The Bertz CT molecular complexity index is 966. The van der Waals surface area contributed by atoms with Crippen molar-refractivity contribution in [1.29, 1.82) is 0 Å². The number of methoxy groups -OCH3 is 1. The molecule has 0 bridgehead atoms. The number of hydrogen-bond acceptors (Lipinski definition) is 5. The molecule has 0 aliphatic rings. The van der Waals surface area contributed by atoms with Crippen molar-refractivity contribution in [2.75, 3.05) is 25.6 Å². The van der Waals surface area contributed by atoms with Crippen molar-refractivity contribution in [3.63, 3.8) is 0 Å². The molecule has 0 saturated carbocycles. The van der Waals surface area contributed by atoms with Crippen LogP contribution in [0.1, 0.15) is 0 Å². The Kier molecular flexibility index (Phi) is 6.51. The fourth-order valence-corrected chi connectivity index (χ4v) is 2.39. The molecule has 9 heteroatoms. The van der Waals surface area contributed by atoms with E-state index in [9.17, 15) is 13.6 Å². The van der Waals surface area contributed by atoms with E-state index in [0.29, 0.717) is 11.6 Å². The van der Waals surface area contributed by atoms with Gasteiger partial charge < -0.3 is 20.1 Å². The highest BCUT2D eigenvalue weighted by Gasteiger charge is 2.08. The Morgan fingerprint density at radius 3 is 2.52 bits per heavy atom. The molecule has 0 spiro atoms. The maximum absolute atomic E-state index is 13.5. The van der Waals surface area contributed by atoms with Gasteiger partial charge in [0, 0.05) is 17.7 Å². The van der Waals surface area contributed by atoms with E-state index in [1.54, 1.807) is 19.2 Å². The van der Waals surface area contributed by atoms with Crippen molar-refractivity contribution in [3.05, 3.63) is 66.2 Å².